The molecule has 1 aromatic rings. The van der Waals surface area contributed by atoms with Crippen molar-refractivity contribution in [3.63, 3.8) is 0 Å². The van der Waals surface area contributed by atoms with E-state index in [1.54, 1.807) is 7.11 Å². The molecule has 2 aliphatic rings. The summed E-state index contributed by atoms with van der Waals surface area (Å²) in [6, 6.07) is 4.95. The number of aliphatic hydroxyl groups is 1. The number of nitrogens with zero attached hydrogens (tertiary/aromatic N) is 1. The van der Waals surface area contributed by atoms with Crippen LogP contribution in [0.25, 0.3) is 0 Å². The highest BCUT2D eigenvalue weighted by Crippen LogP contribution is 2.41. The van der Waals surface area contributed by atoms with E-state index >= 15 is 0 Å². The standard InChI is InChI=1S/C20H31NO2/c1-5-14-9-17-15(10-20(14)23-4)6-7-21-12-16(8-13(2)3)19(22)11-18(17)21/h9-10,13,16,18-19,22H,5-8,11-12H2,1-4H3/t16-,18-,19-/m1/s1. The molecule has 2 heterocycles. The summed E-state index contributed by atoms with van der Waals surface area (Å²) in [4.78, 5) is 2.61. The predicted octanol–water partition coefficient (Wildman–Crippen LogP) is 3.58. The molecule has 3 rings (SSSR count). The molecule has 3 heteroatoms. The summed E-state index contributed by atoms with van der Waals surface area (Å²) in [7, 11) is 1.76. The first-order valence-electron chi connectivity index (χ1n) is 9.15. The molecule has 0 aromatic heterocycles. The van der Waals surface area contributed by atoms with Gasteiger partial charge in [-0.15, -0.1) is 0 Å². The third-order valence-corrected chi connectivity index (χ3v) is 5.64. The maximum absolute atomic E-state index is 10.7. The fourth-order valence-electron chi connectivity index (χ4n) is 4.47. The highest BCUT2D eigenvalue weighted by atomic mass is 16.5. The second-order valence-electron chi connectivity index (χ2n) is 7.67. The average molecular weight is 317 g/mol. The highest BCUT2D eigenvalue weighted by molar-refractivity contribution is 5.45. The Hall–Kier alpha value is -1.06. The van der Waals surface area contributed by atoms with E-state index in [9.17, 15) is 5.11 Å². The fourth-order valence-corrected chi connectivity index (χ4v) is 4.47. The first-order valence-corrected chi connectivity index (χ1v) is 9.15. The molecule has 3 atom stereocenters. The number of methoxy groups -OCH3 is 1. The van der Waals surface area contributed by atoms with Crippen LogP contribution in [0.1, 0.15) is 56.3 Å². The van der Waals surface area contributed by atoms with E-state index in [-0.39, 0.29) is 6.10 Å². The van der Waals surface area contributed by atoms with Crippen molar-refractivity contribution in [1.29, 1.82) is 0 Å². The molecule has 0 spiro atoms. The van der Waals surface area contributed by atoms with E-state index in [1.807, 2.05) is 0 Å². The van der Waals surface area contributed by atoms with E-state index in [2.05, 4.69) is 37.8 Å². The molecule has 128 valence electrons. The van der Waals surface area contributed by atoms with Crippen LogP contribution in [0.5, 0.6) is 5.75 Å². The van der Waals surface area contributed by atoms with Gasteiger partial charge in [0.05, 0.1) is 13.2 Å². The highest BCUT2D eigenvalue weighted by Gasteiger charge is 2.38. The molecule has 0 aliphatic carbocycles. The van der Waals surface area contributed by atoms with Crippen molar-refractivity contribution < 1.29 is 9.84 Å². The second-order valence-corrected chi connectivity index (χ2v) is 7.67. The average Bonchev–Trinajstić information content (AvgIpc) is 2.53. The molecule has 0 radical (unpaired) electrons. The van der Waals surface area contributed by atoms with Gasteiger partial charge in [0.2, 0.25) is 0 Å². The van der Waals surface area contributed by atoms with Crippen LogP contribution in [0.4, 0.5) is 0 Å². The van der Waals surface area contributed by atoms with Crippen LogP contribution in [0.15, 0.2) is 12.1 Å². The summed E-state index contributed by atoms with van der Waals surface area (Å²) in [6.07, 6.45) is 3.91. The van der Waals surface area contributed by atoms with Gasteiger partial charge < -0.3 is 9.84 Å². The van der Waals surface area contributed by atoms with Crippen molar-refractivity contribution in [2.45, 2.75) is 58.6 Å². The van der Waals surface area contributed by atoms with Gasteiger partial charge in [-0.05, 0) is 60.3 Å². The van der Waals surface area contributed by atoms with Crippen LogP contribution < -0.4 is 4.74 Å². The normalized spacial score (nSPS) is 27.7. The molecular weight excluding hydrogens is 286 g/mol. The Morgan fingerprint density at radius 1 is 1.35 bits per heavy atom. The predicted molar refractivity (Wildman–Crippen MR) is 94.0 cm³/mol. The zero-order valence-corrected chi connectivity index (χ0v) is 15.0. The number of benzene rings is 1. The number of aliphatic hydroxyl groups excluding tert-OH is 1. The number of hydrogen-bond donors (Lipinski definition) is 1. The summed E-state index contributed by atoms with van der Waals surface area (Å²) in [5, 5.41) is 10.7. The molecule has 23 heavy (non-hydrogen) atoms. The van der Waals surface area contributed by atoms with E-state index in [4.69, 9.17) is 4.74 Å². The minimum absolute atomic E-state index is 0.170. The van der Waals surface area contributed by atoms with Gasteiger partial charge in [-0.3, -0.25) is 4.90 Å². The molecule has 0 bridgehead atoms. The molecule has 3 nitrogen and oxygen atoms in total. The van der Waals surface area contributed by atoms with Crippen molar-refractivity contribution in [3.8, 4) is 5.75 Å². The zero-order valence-electron chi connectivity index (χ0n) is 15.0. The number of hydrogen-bond acceptors (Lipinski definition) is 3. The van der Waals surface area contributed by atoms with Crippen LogP contribution in [-0.4, -0.2) is 36.3 Å². The van der Waals surface area contributed by atoms with E-state index in [0.29, 0.717) is 17.9 Å². The Morgan fingerprint density at radius 3 is 2.78 bits per heavy atom. The number of aryl methyl sites for hydroxylation is 1. The Bertz CT molecular complexity index is 555. The van der Waals surface area contributed by atoms with Gasteiger partial charge in [0.1, 0.15) is 5.75 Å². The number of fused-ring (bicyclic) bond motifs is 3. The van der Waals surface area contributed by atoms with Gasteiger partial charge in [-0.25, -0.2) is 0 Å². The van der Waals surface area contributed by atoms with E-state index < -0.39 is 0 Å². The van der Waals surface area contributed by atoms with Gasteiger partial charge in [0.15, 0.2) is 0 Å². The lowest BCUT2D eigenvalue weighted by molar-refractivity contribution is -0.0191. The third-order valence-electron chi connectivity index (χ3n) is 5.64. The Morgan fingerprint density at radius 2 is 2.13 bits per heavy atom. The quantitative estimate of drug-likeness (QED) is 0.921. The lowest BCUT2D eigenvalue weighted by Gasteiger charge is -2.46. The molecule has 0 amide bonds. The smallest absolute Gasteiger partial charge is 0.122 e. The molecule has 0 unspecified atom stereocenters. The molecule has 0 saturated carbocycles. The fraction of sp³-hybridized carbons (Fsp3) is 0.700. The van der Waals surface area contributed by atoms with Gasteiger partial charge in [-0.2, -0.15) is 0 Å². The molecule has 1 saturated heterocycles. The molecular formula is C20H31NO2. The summed E-state index contributed by atoms with van der Waals surface area (Å²) < 4.78 is 5.56. The van der Waals surface area contributed by atoms with Crippen LogP contribution in [0.3, 0.4) is 0 Å². The minimum atomic E-state index is -0.170. The monoisotopic (exact) mass is 317 g/mol. The van der Waals surface area contributed by atoms with Gasteiger partial charge in [-0.1, -0.05) is 26.8 Å². The van der Waals surface area contributed by atoms with Crippen LogP contribution in [-0.2, 0) is 12.8 Å². The molecule has 1 aromatic carbocycles. The lowest BCUT2D eigenvalue weighted by atomic mass is 9.78. The first-order chi connectivity index (χ1) is 11.0. The number of piperidine rings is 1. The van der Waals surface area contributed by atoms with Crippen molar-refractivity contribution in [1.82, 2.24) is 4.90 Å². The molecule has 1 N–H and O–H groups in total. The van der Waals surface area contributed by atoms with E-state index in [0.717, 1.165) is 44.5 Å². The largest absolute Gasteiger partial charge is 0.496 e. The lowest BCUT2D eigenvalue weighted by Crippen LogP contribution is -2.48. The molecule has 1 fully saturated rings. The van der Waals surface area contributed by atoms with Gasteiger partial charge in [0, 0.05) is 19.1 Å². The zero-order chi connectivity index (χ0) is 16.6. The SMILES string of the molecule is CCc1cc2c(cc1OC)CCN1C[C@@H](CC(C)C)[C@H](O)C[C@H]21. The maximum atomic E-state index is 10.7. The van der Waals surface area contributed by atoms with E-state index in [1.165, 1.54) is 16.7 Å². The minimum Gasteiger partial charge on any atom is -0.496 e. The summed E-state index contributed by atoms with van der Waals surface area (Å²) in [6.45, 7) is 8.83. The van der Waals surface area contributed by atoms with Gasteiger partial charge >= 0.3 is 0 Å². The molecule has 2 aliphatic heterocycles. The number of ether oxygens (including phenoxy) is 1. The second kappa shape index (κ2) is 6.82. The number of rotatable bonds is 4. The van der Waals surface area contributed by atoms with Crippen molar-refractivity contribution in [2.24, 2.45) is 11.8 Å². The van der Waals surface area contributed by atoms with Crippen molar-refractivity contribution in [2.75, 3.05) is 20.2 Å². The Labute approximate surface area is 140 Å². The van der Waals surface area contributed by atoms with Crippen molar-refractivity contribution >= 4 is 0 Å². The Kier molecular flexibility index (Phi) is 4.98. The summed E-state index contributed by atoms with van der Waals surface area (Å²) in [5.41, 5.74) is 4.12. The first kappa shape index (κ1) is 16.8. The topological polar surface area (TPSA) is 32.7 Å². The maximum Gasteiger partial charge on any atom is 0.122 e. The Balaban J connectivity index is 1.87. The van der Waals surface area contributed by atoms with Crippen LogP contribution in [0.2, 0.25) is 0 Å². The van der Waals surface area contributed by atoms with Crippen molar-refractivity contribution in [3.05, 3.63) is 28.8 Å². The summed E-state index contributed by atoms with van der Waals surface area (Å²) >= 11 is 0. The van der Waals surface area contributed by atoms with Crippen LogP contribution in [0, 0.1) is 11.8 Å². The van der Waals surface area contributed by atoms with Crippen LogP contribution >= 0.6 is 0 Å². The third kappa shape index (κ3) is 3.27. The van der Waals surface area contributed by atoms with Gasteiger partial charge in [0.25, 0.3) is 0 Å². The summed E-state index contributed by atoms with van der Waals surface area (Å²) in [5.74, 6) is 2.10.